The number of carbonyl (C=O) groups excluding carboxylic acids is 1. The quantitative estimate of drug-likeness (QED) is 0.845. The first-order valence-corrected chi connectivity index (χ1v) is 7.91. The van der Waals surface area contributed by atoms with E-state index < -0.39 is 11.7 Å². The maximum atomic E-state index is 11.9. The molecule has 0 bridgehead atoms. The van der Waals surface area contributed by atoms with Gasteiger partial charge in [-0.2, -0.15) is 5.26 Å². The minimum absolute atomic E-state index is 0.0425. The number of nitriles is 1. The lowest BCUT2D eigenvalue weighted by atomic mass is 10.0. The Morgan fingerprint density at radius 2 is 1.96 bits per heavy atom. The number of nitrogens with one attached hydrogen (secondary N) is 2. The SMILES string of the molecule is CC(C)C(CNCc1ccccc1C#N)NC(=O)OC(C)(C)C. The fourth-order valence-electron chi connectivity index (χ4n) is 2.06. The Hall–Kier alpha value is -2.06. The number of benzene rings is 1. The molecule has 0 saturated carbocycles. The number of hydrogen-bond acceptors (Lipinski definition) is 4. The molecule has 0 aromatic heterocycles. The van der Waals surface area contributed by atoms with Crippen molar-refractivity contribution in [2.24, 2.45) is 5.92 Å². The van der Waals surface area contributed by atoms with Crippen molar-refractivity contribution in [1.29, 1.82) is 5.26 Å². The minimum Gasteiger partial charge on any atom is -0.444 e. The standard InChI is InChI=1S/C18H27N3O2/c1-13(2)16(21-17(22)23-18(3,4)5)12-20-11-15-9-7-6-8-14(15)10-19/h6-9,13,16,20H,11-12H2,1-5H3,(H,21,22). The van der Waals surface area contributed by atoms with Crippen LogP contribution in [0, 0.1) is 17.2 Å². The molecule has 5 nitrogen and oxygen atoms in total. The van der Waals surface area contributed by atoms with Gasteiger partial charge in [-0.05, 0) is 38.3 Å². The summed E-state index contributed by atoms with van der Waals surface area (Å²) in [5.74, 6) is 0.265. The summed E-state index contributed by atoms with van der Waals surface area (Å²) in [6.45, 7) is 10.8. The molecule has 1 amide bonds. The maximum absolute atomic E-state index is 11.9. The van der Waals surface area contributed by atoms with Gasteiger partial charge >= 0.3 is 6.09 Å². The highest BCUT2D eigenvalue weighted by atomic mass is 16.6. The van der Waals surface area contributed by atoms with Crippen LogP contribution in [0.5, 0.6) is 0 Å². The predicted molar refractivity (Wildman–Crippen MR) is 90.9 cm³/mol. The number of nitrogens with zero attached hydrogens (tertiary/aromatic N) is 1. The molecule has 126 valence electrons. The van der Waals surface area contributed by atoms with Crippen LogP contribution in [0.15, 0.2) is 24.3 Å². The second kappa shape index (κ2) is 8.54. The van der Waals surface area contributed by atoms with Crippen LogP contribution in [-0.2, 0) is 11.3 Å². The molecule has 1 aromatic rings. The third-order valence-corrected chi connectivity index (χ3v) is 3.32. The van der Waals surface area contributed by atoms with Crippen molar-refractivity contribution >= 4 is 6.09 Å². The summed E-state index contributed by atoms with van der Waals surface area (Å²) in [6, 6.07) is 9.64. The van der Waals surface area contributed by atoms with Crippen LogP contribution in [0.1, 0.15) is 45.7 Å². The number of ether oxygens (including phenoxy) is 1. The number of amides is 1. The smallest absolute Gasteiger partial charge is 0.407 e. The van der Waals surface area contributed by atoms with Crippen molar-refractivity contribution in [1.82, 2.24) is 10.6 Å². The third kappa shape index (κ3) is 7.16. The zero-order chi connectivity index (χ0) is 17.5. The predicted octanol–water partition coefficient (Wildman–Crippen LogP) is 3.20. The summed E-state index contributed by atoms with van der Waals surface area (Å²) in [4.78, 5) is 11.9. The van der Waals surface area contributed by atoms with Crippen LogP contribution < -0.4 is 10.6 Å². The molecule has 23 heavy (non-hydrogen) atoms. The van der Waals surface area contributed by atoms with Crippen molar-refractivity contribution in [3.05, 3.63) is 35.4 Å². The summed E-state index contributed by atoms with van der Waals surface area (Å²) in [7, 11) is 0. The normalized spacial score (nSPS) is 12.6. The molecule has 1 aromatic carbocycles. The molecule has 0 saturated heterocycles. The molecule has 0 fully saturated rings. The first-order chi connectivity index (χ1) is 10.7. The Bertz CT molecular complexity index is 556. The summed E-state index contributed by atoms with van der Waals surface area (Å²) < 4.78 is 5.30. The zero-order valence-electron chi connectivity index (χ0n) is 14.6. The maximum Gasteiger partial charge on any atom is 0.407 e. The van der Waals surface area contributed by atoms with Gasteiger partial charge in [0.05, 0.1) is 11.6 Å². The lowest BCUT2D eigenvalue weighted by Crippen LogP contribution is -2.47. The van der Waals surface area contributed by atoms with Crippen molar-refractivity contribution < 1.29 is 9.53 Å². The van der Waals surface area contributed by atoms with E-state index in [0.717, 1.165) is 5.56 Å². The van der Waals surface area contributed by atoms with E-state index in [0.29, 0.717) is 18.7 Å². The molecule has 0 heterocycles. The van der Waals surface area contributed by atoms with Crippen molar-refractivity contribution in [2.45, 2.75) is 52.8 Å². The highest BCUT2D eigenvalue weighted by Crippen LogP contribution is 2.09. The Balaban J connectivity index is 2.54. The first-order valence-electron chi connectivity index (χ1n) is 7.91. The molecular formula is C18H27N3O2. The molecule has 1 atom stereocenters. The topological polar surface area (TPSA) is 74.2 Å². The summed E-state index contributed by atoms with van der Waals surface area (Å²) in [6.07, 6.45) is -0.407. The van der Waals surface area contributed by atoms with Gasteiger partial charge in [0.2, 0.25) is 0 Å². The Morgan fingerprint density at radius 1 is 1.30 bits per heavy atom. The van der Waals surface area contributed by atoms with E-state index in [-0.39, 0.29) is 12.0 Å². The minimum atomic E-state index is -0.509. The van der Waals surface area contributed by atoms with Crippen LogP contribution in [0.4, 0.5) is 4.79 Å². The fraction of sp³-hybridized carbons (Fsp3) is 0.556. The second-order valence-corrected chi connectivity index (χ2v) is 6.90. The monoisotopic (exact) mass is 317 g/mol. The Kier molecular flexibility index (Phi) is 7.05. The van der Waals surface area contributed by atoms with Crippen LogP contribution in [0.2, 0.25) is 0 Å². The highest BCUT2D eigenvalue weighted by Gasteiger charge is 2.21. The van der Waals surface area contributed by atoms with Crippen LogP contribution >= 0.6 is 0 Å². The van der Waals surface area contributed by atoms with Gasteiger partial charge in [-0.3, -0.25) is 0 Å². The van der Waals surface area contributed by atoms with E-state index in [9.17, 15) is 4.79 Å². The molecule has 1 unspecified atom stereocenters. The highest BCUT2D eigenvalue weighted by molar-refractivity contribution is 5.68. The van der Waals surface area contributed by atoms with Gasteiger partial charge in [0.25, 0.3) is 0 Å². The van der Waals surface area contributed by atoms with Crippen molar-refractivity contribution in [3.8, 4) is 6.07 Å². The Labute approximate surface area is 139 Å². The van der Waals surface area contributed by atoms with Gasteiger partial charge in [0, 0.05) is 19.1 Å². The fourth-order valence-corrected chi connectivity index (χ4v) is 2.06. The molecule has 0 aliphatic heterocycles. The van der Waals surface area contributed by atoms with E-state index >= 15 is 0 Å². The summed E-state index contributed by atoms with van der Waals surface area (Å²) >= 11 is 0. The van der Waals surface area contributed by atoms with Gasteiger partial charge in [0.15, 0.2) is 0 Å². The van der Waals surface area contributed by atoms with Gasteiger partial charge in [0.1, 0.15) is 5.60 Å². The van der Waals surface area contributed by atoms with Crippen molar-refractivity contribution in [3.63, 3.8) is 0 Å². The molecule has 0 aliphatic rings. The Morgan fingerprint density at radius 3 is 2.52 bits per heavy atom. The van der Waals surface area contributed by atoms with Gasteiger partial charge in [-0.15, -0.1) is 0 Å². The molecule has 0 aliphatic carbocycles. The van der Waals surface area contributed by atoms with Crippen LogP contribution in [-0.4, -0.2) is 24.3 Å². The average molecular weight is 317 g/mol. The second-order valence-electron chi connectivity index (χ2n) is 6.90. The van der Waals surface area contributed by atoms with E-state index in [2.05, 4.69) is 16.7 Å². The van der Waals surface area contributed by atoms with E-state index in [4.69, 9.17) is 10.00 Å². The van der Waals surface area contributed by atoms with Gasteiger partial charge < -0.3 is 15.4 Å². The number of hydrogen-bond donors (Lipinski definition) is 2. The summed E-state index contributed by atoms with van der Waals surface area (Å²) in [5.41, 5.74) is 1.11. The molecule has 0 spiro atoms. The van der Waals surface area contributed by atoms with Gasteiger partial charge in [-0.1, -0.05) is 32.0 Å². The molecule has 1 rings (SSSR count). The summed E-state index contributed by atoms with van der Waals surface area (Å²) in [5, 5.41) is 15.3. The third-order valence-electron chi connectivity index (χ3n) is 3.32. The number of rotatable bonds is 6. The first kappa shape index (κ1) is 19.0. The lowest BCUT2D eigenvalue weighted by molar-refractivity contribution is 0.0490. The number of alkyl carbamates (subject to hydrolysis) is 1. The molecule has 0 radical (unpaired) electrons. The van der Waals surface area contributed by atoms with Crippen molar-refractivity contribution in [2.75, 3.05) is 6.54 Å². The van der Waals surface area contributed by atoms with Crippen LogP contribution in [0.25, 0.3) is 0 Å². The molecular weight excluding hydrogens is 290 g/mol. The van der Waals surface area contributed by atoms with E-state index in [1.807, 2.05) is 52.8 Å². The van der Waals surface area contributed by atoms with Gasteiger partial charge in [-0.25, -0.2) is 4.79 Å². The van der Waals surface area contributed by atoms with E-state index in [1.54, 1.807) is 6.07 Å². The van der Waals surface area contributed by atoms with Crippen LogP contribution in [0.3, 0.4) is 0 Å². The number of carbonyl (C=O) groups is 1. The zero-order valence-corrected chi connectivity index (χ0v) is 14.6. The van der Waals surface area contributed by atoms with E-state index in [1.165, 1.54) is 0 Å². The lowest BCUT2D eigenvalue weighted by Gasteiger charge is -2.26. The largest absolute Gasteiger partial charge is 0.444 e. The molecule has 2 N–H and O–H groups in total. The average Bonchev–Trinajstić information content (AvgIpc) is 2.44. The molecule has 5 heteroatoms.